The topological polar surface area (TPSA) is 39.9 Å². The Morgan fingerprint density at radius 1 is 1.24 bits per heavy atom. The molecule has 0 fully saturated rings. The van der Waals surface area contributed by atoms with Crippen LogP contribution in [0.5, 0.6) is 5.75 Å². The molecule has 0 N–H and O–H groups in total. The van der Waals surface area contributed by atoms with Crippen LogP contribution in [-0.2, 0) is 13.7 Å². The van der Waals surface area contributed by atoms with Crippen LogP contribution in [0.4, 0.5) is 0 Å². The Bertz CT molecular complexity index is 470. The van der Waals surface area contributed by atoms with Crippen LogP contribution in [0.15, 0.2) is 35.5 Å². The zero-order valence-corrected chi connectivity index (χ0v) is 10.8. The lowest BCUT2D eigenvalue weighted by Gasteiger charge is -2.05. The van der Waals surface area contributed by atoms with Gasteiger partial charge in [-0.25, -0.2) is 0 Å². The lowest BCUT2D eigenvalue weighted by atomic mass is 10.3. The van der Waals surface area contributed by atoms with Crippen molar-refractivity contribution in [3.05, 3.63) is 36.2 Å². The maximum absolute atomic E-state index is 5.63. The maximum Gasteiger partial charge on any atom is 0.191 e. The molecule has 0 aliphatic heterocycles. The van der Waals surface area contributed by atoms with E-state index in [0.717, 1.165) is 22.5 Å². The molecule has 0 atom stereocenters. The number of rotatable bonds is 5. The van der Waals surface area contributed by atoms with Crippen molar-refractivity contribution in [3.63, 3.8) is 0 Å². The Labute approximate surface area is 105 Å². The van der Waals surface area contributed by atoms with E-state index in [4.69, 9.17) is 4.74 Å². The van der Waals surface area contributed by atoms with Crippen LogP contribution in [0, 0.1) is 0 Å². The van der Waals surface area contributed by atoms with Crippen LogP contribution in [0.1, 0.15) is 12.7 Å². The molecule has 2 aromatic rings. The molecule has 0 saturated heterocycles. The van der Waals surface area contributed by atoms with Crippen LogP contribution in [0.25, 0.3) is 0 Å². The molecule has 1 aromatic heterocycles. The van der Waals surface area contributed by atoms with Gasteiger partial charge in [-0.05, 0) is 17.9 Å². The first-order valence-electron chi connectivity index (χ1n) is 5.50. The third-order valence-corrected chi connectivity index (χ3v) is 3.21. The molecule has 0 bridgehead atoms. The van der Waals surface area contributed by atoms with Crippen LogP contribution < -0.4 is 4.74 Å². The number of para-hydroxylation sites is 1. The van der Waals surface area contributed by atoms with Crippen LogP contribution >= 0.6 is 11.8 Å². The SMILES string of the molecule is CCSc1nnc(COc2ccccc2)n1C. The number of aromatic nitrogens is 3. The normalized spacial score (nSPS) is 10.5. The number of thioether (sulfide) groups is 1. The monoisotopic (exact) mass is 249 g/mol. The summed E-state index contributed by atoms with van der Waals surface area (Å²) in [6.45, 7) is 2.54. The summed E-state index contributed by atoms with van der Waals surface area (Å²) in [5.74, 6) is 2.68. The fraction of sp³-hybridized carbons (Fsp3) is 0.333. The lowest BCUT2D eigenvalue weighted by Crippen LogP contribution is -2.04. The predicted molar refractivity (Wildman–Crippen MR) is 68.2 cm³/mol. The van der Waals surface area contributed by atoms with E-state index in [2.05, 4.69) is 17.1 Å². The van der Waals surface area contributed by atoms with Crippen molar-refractivity contribution in [3.8, 4) is 5.75 Å². The minimum Gasteiger partial charge on any atom is -0.486 e. The molecule has 17 heavy (non-hydrogen) atoms. The van der Waals surface area contributed by atoms with Gasteiger partial charge in [0.25, 0.3) is 0 Å². The smallest absolute Gasteiger partial charge is 0.191 e. The van der Waals surface area contributed by atoms with E-state index in [1.54, 1.807) is 11.8 Å². The van der Waals surface area contributed by atoms with Crippen molar-refractivity contribution in [2.24, 2.45) is 7.05 Å². The lowest BCUT2D eigenvalue weighted by molar-refractivity contribution is 0.290. The Kier molecular flexibility index (Phi) is 4.03. The largest absolute Gasteiger partial charge is 0.486 e. The zero-order chi connectivity index (χ0) is 12.1. The van der Waals surface area contributed by atoms with Gasteiger partial charge >= 0.3 is 0 Å². The predicted octanol–water partition coefficient (Wildman–Crippen LogP) is 2.51. The van der Waals surface area contributed by atoms with Crippen molar-refractivity contribution in [2.75, 3.05) is 5.75 Å². The molecule has 0 unspecified atom stereocenters. The number of ether oxygens (including phenoxy) is 1. The summed E-state index contributed by atoms with van der Waals surface area (Å²) in [7, 11) is 1.96. The fourth-order valence-corrected chi connectivity index (χ4v) is 2.05. The van der Waals surface area contributed by atoms with Crippen LogP contribution in [-0.4, -0.2) is 20.5 Å². The summed E-state index contributed by atoms with van der Waals surface area (Å²) in [4.78, 5) is 0. The van der Waals surface area contributed by atoms with Gasteiger partial charge in [0, 0.05) is 7.05 Å². The molecular weight excluding hydrogens is 234 g/mol. The van der Waals surface area contributed by atoms with E-state index >= 15 is 0 Å². The highest BCUT2D eigenvalue weighted by Crippen LogP contribution is 2.16. The summed E-state index contributed by atoms with van der Waals surface area (Å²) < 4.78 is 7.60. The van der Waals surface area contributed by atoms with Gasteiger partial charge in [0.15, 0.2) is 11.0 Å². The molecule has 90 valence electrons. The van der Waals surface area contributed by atoms with Crippen molar-refractivity contribution >= 4 is 11.8 Å². The van der Waals surface area contributed by atoms with E-state index in [1.807, 2.05) is 41.9 Å². The van der Waals surface area contributed by atoms with Gasteiger partial charge in [-0.1, -0.05) is 36.9 Å². The summed E-state index contributed by atoms with van der Waals surface area (Å²) in [6, 6.07) is 9.72. The van der Waals surface area contributed by atoms with Gasteiger partial charge in [-0.2, -0.15) is 0 Å². The summed E-state index contributed by atoms with van der Waals surface area (Å²) in [5.41, 5.74) is 0. The minimum absolute atomic E-state index is 0.442. The molecule has 1 aromatic carbocycles. The second-order valence-electron chi connectivity index (χ2n) is 3.49. The summed E-state index contributed by atoms with van der Waals surface area (Å²) >= 11 is 1.68. The molecule has 5 heteroatoms. The minimum atomic E-state index is 0.442. The third kappa shape index (κ3) is 3.00. The number of benzene rings is 1. The summed E-state index contributed by atoms with van der Waals surface area (Å²) in [5, 5.41) is 9.16. The Morgan fingerprint density at radius 3 is 2.71 bits per heavy atom. The second-order valence-corrected chi connectivity index (χ2v) is 4.72. The highest BCUT2D eigenvalue weighted by molar-refractivity contribution is 7.99. The van der Waals surface area contributed by atoms with E-state index in [1.165, 1.54) is 0 Å². The molecule has 0 aliphatic carbocycles. The first kappa shape index (κ1) is 12.0. The standard InChI is InChI=1S/C12H15N3OS/c1-3-17-12-14-13-11(15(12)2)9-16-10-7-5-4-6-8-10/h4-8H,3,9H2,1-2H3. The van der Waals surface area contributed by atoms with E-state index in [9.17, 15) is 0 Å². The average Bonchev–Trinajstić information content (AvgIpc) is 2.70. The van der Waals surface area contributed by atoms with Crippen LogP contribution in [0.2, 0.25) is 0 Å². The maximum atomic E-state index is 5.63. The Balaban J connectivity index is 2.00. The van der Waals surface area contributed by atoms with Crippen molar-refractivity contribution in [2.45, 2.75) is 18.7 Å². The van der Waals surface area contributed by atoms with Gasteiger partial charge < -0.3 is 9.30 Å². The zero-order valence-electron chi connectivity index (χ0n) is 9.96. The Morgan fingerprint density at radius 2 is 2.00 bits per heavy atom. The molecule has 0 radical (unpaired) electrons. The number of nitrogens with zero attached hydrogens (tertiary/aromatic N) is 3. The van der Waals surface area contributed by atoms with Crippen molar-refractivity contribution in [1.82, 2.24) is 14.8 Å². The molecule has 0 aliphatic rings. The highest BCUT2D eigenvalue weighted by Gasteiger charge is 2.08. The second kappa shape index (κ2) is 5.72. The van der Waals surface area contributed by atoms with Gasteiger partial charge in [0.2, 0.25) is 0 Å². The third-order valence-electron chi connectivity index (χ3n) is 2.31. The first-order valence-corrected chi connectivity index (χ1v) is 6.48. The molecule has 0 amide bonds. The molecular formula is C12H15N3OS. The highest BCUT2D eigenvalue weighted by atomic mass is 32.2. The number of hydrogen-bond donors (Lipinski definition) is 0. The fourth-order valence-electron chi connectivity index (χ4n) is 1.39. The van der Waals surface area contributed by atoms with Gasteiger partial charge in [0.05, 0.1) is 0 Å². The molecule has 1 heterocycles. The van der Waals surface area contributed by atoms with Gasteiger partial charge in [-0.3, -0.25) is 0 Å². The van der Waals surface area contributed by atoms with Crippen LogP contribution in [0.3, 0.4) is 0 Å². The quantitative estimate of drug-likeness (QED) is 0.763. The number of hydrogen-bond acceptors (Lipinski definition) is 4. The Hall–Kier alpha value is -1.49. The molecule has 4 nitrogen and oxygen atoms in total. The molecule has 0 saturated carbocycles. The first-order chi connectivity index (χ1) is 8.31. The van der Waals surface area contributed by atoms with E-state index in [0.29, 0.717) is 6.61 Å². The van der Waals surface area contributed by atoms with Gasteiger partial charge in [-0.15, -0.1) is 10.2 Å². The average molecular weight is 249 g/mol. The van der Waals surface area contributed by atoms with Crippen molar-refractivity contribution in [1.29, 1.82) is 0 Å². The molecule has 2 rings (SSSR count). The van der Waals surface area contributed by atoms with Gasteiger partial charge in [0.1, 0.15) is 12.4 Å². The van der Waals surface area contributed by atoms with E-state index < -0.39 is 0 Å². The summed E-state index contributed by atoms with van der Waals surface area (Å²) in [6.07, 6.45) is 0. The van der Waals surface area contributed by atoms with Crippen molar-refractivity contribution < 1.29 is 4.74 Å². The molecule has 0 spiro atoms. The van der Waals surface area contributed by atoms with E-state index in [-0.39, 0.29) is 0 Å².